The third-order valence-corrected chi connectivity index (χ3v) is 5.42. The Kier molecular flexibility index (Phi) is 7.06. The van der Waals surface area contributed by atoms with Gasteiger partial charge < -0.3 is 9.64 Å². The molecule has 0 unspecified atom stereocenters. The monoisotopic (exact) mass is 445 g/mol. The molecule has 0 fully saturated rings. The van der Waals surface area contributed by atoms with Gasteiger partial charge in [-0.05, 0) is 30.0 Å². The largest absolute Gasteiger partial charge is 0.462 e. The van der Waals surface area contributed by atoms with Crippen molar-refractivity contribution in [3.8, 4) is 0 Å². The number of rotatable bonds is 6. The van der Waals surface area contributed by atoms with Crippen LogP contribution in [0.25, 0.3) is 0 Å². The number of allylic oxidation sites excluding steroid dienone is 1. The zero-order chi connectivity index (χ0) is 23.5. The highest BCUT2D eigenvalue weighted by Gasteiger charge is 2.42. The summed E-state index contributed by atoms with van der Waals surface area (Å²) >= 11 is 0. The number of hydrogen-bond donors (Lipinski definition) is 0. The molecule has 1 amide bonds. The number of benzene rings is 2. The Labute approximate surface area is 185 Å². The Hall–Kier alpha value is -3.09. The van der Waals surface area contributed by atoms with Crippen LogP contribution in [0.1, 0.15) is 49.8 Å². The van der Waals surface area contributed by atoms with Gasteiger partial charge in [-0.25, -0.2) is 4.79 Å². The van der Waals surface area contributed by atoms with E-state index in [1.807, 2.05) is 44.2 Å². The molecule has 7 heteroatoms. The zero-order valence-electron chi connectivity index (χ0n) is 18.3. The van der Waals surface area contributed by atoms with E-state index >= 15 is 0 Å². The van der Waals surface area contributed by atoms with Crippen LogP contribution in [0.5, 0.6) is 0 Å². The number of alkyl halides is 3. The SMILES string of the molecule is CC1=C(C(=O)OCC(C)C)[C@@H](c2ccccc2C(F)(F)F)CC(=O)N1Cc1ccccc1. The molecule has 0 spiro atoms. The maximum atomic E-state index is 13.7. The molecule has 0 aliphatic carbocycles. The Morgan fingerprint density at radius 2 is 1.72 bits per heavy atom. The molecule has 2 aromatic rings. The summed E-state index contributed by atoms with van der Waals surface area (Å²) in [5, 5.41) is 0. The van der Waals surface area contributed by atoms with Crippen molar-refractivity contribution in [1.29, 1.82) is 0 Å². The second-order valence-corrected chi connectivity index (χ2v) is 8.30. The molecular formula is C25H26F3NO3. The molecule has 2 aromatic carbocycles. The zero-order valence-corrected chi connectivity index (χ0v) is 18.3. The molecule has 0 N–H and O–H groups in total. The fraction of sp³-hybridized carbons (Fsp3) is 0.360. The van der Waals surface area contributed by atoms with Crippen molar-refractivity contribution < 1.29 is 27.5 Å². The first-order valence-electron chi connectivity index (χ1n) is 10.5. The van der Waals surface area contributed by atoms with E-state index in [2.05, 4.69) is 0 Å². The Morgan fingerprint density at radius 3 is 2.34 bits per heavy atom. The van der Waals surface area contributed by atoms with Crippen molar-refractivity contribution in [1.82, 2.24) is 4.90 Å². The van der Waals surface area contributed by atoms with Crippen molar-refractivity contribution >= 4 is 11.9 Å². The van der Waals surface area contributed by atoms with Crippen LogP contribution in [0.15, 0.2) is 65.9 Å². The van der Waals surface area contributed by atoms with Crippen molar-refractivity contribution in [2.75, 3.05) is 6.61 Å². The number of nitrogens with zero attached hydrogens (tertiary/aromatic N) is 1. The third-order valence-electron chi connectivity index (χ3n) is 5.42. The molecule has 1 heterocycles. The third kappa shape index (κ3) is 5.21. The van der Waals surface area contributed by atoms with E-state index in [4.69, 9.17) is 4.74 Å². The normalized spacial score (nSPS) is 17.2. The minimum Gasteiger partial charge on any atom is -0.462 e. The van der Waals surface area contributed by atoms with E-state index in [0.29, 0.717) is 5.70 Å². The first-order valence-corrected chi connectivity index (χ1v) is 10.5. The van der Waals surface area contributed by atoms with Crippen LogP contribution < -0.4 is 0 Å². The molecule has 32 heavy (non-hydrogen) atoms. The smallest absolute Gasteiger partial charge is 0.416 e. The van der Waals surface area contributed by atoms with Crippen molar-refractivity contribution in [2.45, 2.75) is 45.8 Å². The minimum atomic E-state index is -4.61. The van der Waals surface area contributed by atoms with Gasteiger partial charge in [-0.1, -0.05) is 62.4 Å². The van der Waals surface area contributed by atoms with Gasteiger partial charge in [0.05, 0.1) is 24.3 Å². The molecule has 0 aromatic heterocycles. The molecule has 4 nitrogen and oxygen atoms in total. The Morgan fingerprint density at radius 1 is 1.09 bits per heavy atom. The number of carbonyl (C=O) groups excluding carboxylic acids is 2. The van der Waals surface area contributed by atoms with E-state index in [1.54, 1.807) is 6.92 Å². The highest BCUT2D eigenvalue weighted by atomic mass is 19.4. The molecule has 1 aliphatic heterocycles. The van der Waals surface area contributed by atoms with Gasteiger partial charge in [-0.15, -0.1) is 0 Å². The standard InChI is InChI=1S/C25H26F3NO3/c1-16(2)15-32-24(31)23-17(3)29(14-18-9-5-4-6-10-18)22(30)13-20(23)19-11-7-8-12-21(19)25(26,27)28/h4-12,16,20H,13-15H2,1-3H3/t20-/m1/s1. The number of carbonyl (C=O) groups is 2. The highest BCUT2D eigenvalue weighted by molar-refractivity contribution is 5.96. The lowest BCUT2D eigenvalue weighted by molar-refractivity contribution is -0.143. The molecule has 3 rings (SSSR count). The summed E-state index contributed by atoms with van der Waals surface area (Å²) < 4.78 is 46.6. The molecule has 1 atom stereocenters. The lowest BCUT2D eigenvalue weighted by Crippen LogP contribution is -2.38. The second kappa shape index (κ2) is 9.59. The molecule has 0 radical (unpaired) electrons. The number of ether oxygens (including phenoxy) is 1. The van der Waals surface area contributed by atoms with Crippen LogP contribution in [0.3, 0.4) is 0 Å². The van der Waals surface area contributed by atoms with Gasteiger partial charge in [-0.2, -0.15) is 13.2 Å². The average molecular weight is 445 g/mol. The first kappa shape index (κ1) is 23.6. The topological polar surface area (TPSA) is 46.6 Å². The van der Waals surface area contributed by atoms with Gasteiger partial charge in [0.1, 0.15) is 0 Å². The van der Waals surface area contributed by atoms with Crippen LogP contribution >= 0.6 is 0 Å². The lowest BCUT2D eigenvalue weighted by atomic mass is 9.81. The number of esters is 1. The van der Waals surface area contributed by atoms with E-state index in [-0.39, 0.29) is 42.5 Å². The fourth-order valence-electron chi connectivity index (χ4n) is 3.88. The van der Waals surface area contributed by atoms with Crippen molar-refractivity contribution in [2.24, 2.45) is 5.92 Å². The number of amides is 1. The molecule has 0 bridgehead atoms. The molecular weight excluding hydrogens is 419 g/mol. The lowest BCUT2D eigenvalue weighted by Gasteiger charge is -2.35. The van der Waals surface area contributed by atoms with Gasteiger partial charge >= 0.3 is 12.1 Å². The summed E-state index contributed by atoms with van der Waals surface area (Å²) in [6, 6.07) is 14.3. The van der Waals surface area contributed by atoms with Crippen LogP contribution in [-0.2, 0) is 27.0 Å². The van der Waals surface area contributed by atoms with E-state index in [0.717, 1.165) is 11.6 Å². The van der Waals surface area contributed by atoms with Gasteiger partial charge in [0.2, 0.25) is 5.91 Å². The predicted molar refractivity (Wildman–Crippen MR) is 114 cm³/mol. The van der Waals surface area contributed by atoms with Gasteiger partial charge in [-0.3, -0.25) is 4.79 Å². The maximum Gasteiger partial charge on any atom is 0.416 e. The van der Waals surface area contributed by atoms with E-state index in [1.165, 1.54) is 23.1 Å². The van der Waals surface area contributed by atoms with Crippen molar-refractivity contribution in [3.05, 3.63) is 82.6 Å². The van der Waals surface area contributed by atoms with Crippen molar-refractivity contribution in [3.63, 3.8) is 0 Å². The predicted octanol–water partition coefficient (Wildman–Crippen LogP) is 5.69. The van der Waals surface area contributed by atoms with Gasteiger partial charge in [0, 0.05) is 18.0 Å². The minimum absolute atomic E-state index is 0.0615. The Balaban J connectivity index is 2.09. The highest BCUT2D eigenvalue weighted by Crippen LogP contribution is 2.43. The van der Waals surface area contributed by atoms with E-state index in [9.17, 15) is 22.8 Å². The maximum absolute atomic E-state index is 13.7. The van der Waals surface area contributed by atoms with Crippen LogP contribution in [0.2, 0.25) is 0 Å². The van der Waals surface area contributed by atoms with Crippen LogP contribution in [-0.4, -0.2) is 23.4 Å². The summed E-state index contributed by atoms with van der Waals surface area (Å²) in [6.07, 6.45) is -4.86. The second-order valence-electron chi connectivity index (χ2n) is 8.30. The summed E-state index contributed by atoms with van der Waals surface area (Å²) in [6.45, 7) is 5.69. The molecule has 0 saturated heterocycles. The van der Waals surface area contributed by atoms with Crippen LogP contribution in [0, 0.1) is 5.92 Å². The summed E-state index contributed by atoms with van der Waals surface area (Å²) in [5.41, 5.74) is 0.322. The van der Waals surface area contributed by atoms with Gasteiger partial charge in [0.25, 0.3) is 0 Å². The summed E-state index contributed by atoms with van der Waals surface area (Å²) in [5.74, 6) is -2.00. The van der Waals surface area contributed by atoms with Crippen LogP contribution in [0.4, 0.5) is 13.2 Å². The summed E-state index contributed by atoms with van der Waals surface area (Å²) in [4.78, 5) is 27.6. The average Bonchev–Trinajstić information content (AvgIpc) is 2.74. The molecule has 1 aliphatic rings. The molecule has 170 valence electrons. The number of halogens is 3. The Bertz CT molecular complexity index is 1010. The first-order chi connectivity index (χ1) is 15.1. The molecule has 0 saturated carbocycles. The van der Waals surface area contributed by atoms with E-state index < -0.39 is 23.6 Å². The fourth-order valence-corrected chi connectivity index (χ4v) is 3.88. The summed E-state index contributed by atoms with van der Waals surface area (Å²) in [7, 11) is 0. The van der Waals surface area contributed by atoms with Gasteiger partial charge in [0.15, 0.2) is 0 Å². The quantitative estimate of drug-likeness (QED) is 0.537. The number of hydrogen-bond acceptors (Lipinski definition) is 3.